The third-order valence-electron chi connectivity index (χ3n) is 2.74. The van der Waals surface area contributed by atoms with E-state index in [1.165, 1.54) is 0 Å². The number of carbonyl (C=O) groups excluding carboxylic acids is 2. The van der Waals surface area contributed by atoms with Crippen molar-refractivity contribution in [2.24, 2.45) is 7.05 Å². The Hall–Kier alpha value is -1.99. The minimum absolute atomic E-state index is 0.263. The molecule has 21 heavy (non-hydrogen) atoms. The van der Waals surface area contributed by atoms with Gasteiger partial charge in [0.25, 0.3) is 5.91 Å². The van der Waals surface area contributed by atoms with E-state index in [4.69, 9.17) is 17.0 Å². The number of amides is 1. The standard InChI is InChI=1S/C14H14N2O3S2/c1-3-19-13(18)10-11(16(2)14(20)21-10)15-12(17)9-7-5-4-6-8-9/h4-8H,3H2,1-2H3,(H,15,17). The quantitative estimate of drug-likeness (QED) is 0.693. The molecule has 2 rings (SSSR count). The predicted molar refractivity (Wildman–Crippen MR) is 84.5 cm³/mol. The molecule has 1 aromatic carbocycles. The number of nitrogens with one attached hydrogen (secondary N) is 1. The zero-order valence-electron chi connectivity index (χ0n) is 11.6. The topological polar surface area (TPSA) is 60.3 Å². The highest BCUT2D eigenvalue weighted by Crippen LogP contribution is 2.25. The Bertz CT molecular complexity index is 720. The largest absolute Gasteiger partial charge is 0.462 e. The lowest BCUT2D eigenvalue weighted by molar-refractivity contribution is 0.0533. The molecule has 2 aromatic rings. The molecule has 1 N–H and O–H groups in total. The molecule has 0 bridgehead atoms. The first-order valence-electron chi connectivity index (χ1n) is 6.28. The van der Waals surface area contributed by atoms with Crippen LogP contribution in [0.15, 0.2) is 30.3 Å². The lowest BCUT2D eigenvalue weighted by Crippen LogP contribution is -2.17. The highest BCUT2D eigenvalue weighted by Gasteiger charge is 2.21. The van der Waals surface area contributed by atoms with Crippen molar-refractivity contribution in [1.82, 2.24) is 4.57 Å². The van der Waals surface area contributed by atoms with Crippen LogP contribution in [0.1, 0.15) is 27.0 Å². The Morgan fingerprint density at radius 3 is 2.62 bits per heavy atom. The van der Waals surface area contributed by atoms with E-state index in [0.29, 0.717) is 20.2 Å². The van der Waals surface area contributed by atoms with Crippen molar-refractivity contribution in [3.63, 3.8) is 0 Å². The maximum absolute atomic E-state index is 12.2. The molecular formula is C14H14N2O3S2. The van der Waals surface area contributed by atoms with Gasteiger partial charge in [-0.1, -0.05) is 29.5 Å². The average Bonchev–Trinajstić information content (AvgIpc) is 2.77. The summed E-state index contributed by atoms with van der Waals surface area (Å²) < 4.78 is 7.06. The van der Waals surface area contributed by atoms with Gasteiger partial charge in [0.15, 0.2) is 8.83 Å². The first-order valence-corrected chi connectivity index (χ1v) is 7.50. The summed E-state index contributed by atoms with van der Waals surface area (Å²) in [5, 5.41) is 2.72. The molecule has 0 saturated heterocycles. The Balaban J connectivity index is 2.33. The van der Waals surface area contributed by atoms with Crippen LogP contribution in [0.5, 0.6) is 0 Å². The van der Waals surface area contributed by atoms with Gasteiger partial charge in [0.05, 0.1) is 6.61 Å². The molecule has 0 aliphatic carbocycles. The number of rotatable bonds is 4. The molecule has 7 heteroatoms. The normalized spacial score (nSPS) is 10.2. The molecule has 1 aromatic heterocycles. The van der Waals surface area contributed by atoms with E-state index in [-0.39, 0.29) is 12.5 Å². The fourth-order valence-corrected chi connectivity index (χ4v) is 2.86. The van der Waals surface area contributed by atoms with E-state index >= 15 is 0 Å². The number of benzene rings is 1. The zero-order valence-corrected chi connectivity index (χ0v) is 13.2. The third kappa shape index (κ3) is 3.37. The summed E-state index contributed by atoms with van der Waals surface area (Å²) in [6.45, 7) is 1.99. The minimum atomic E-state index is -0.488. The number of carbonyl (C=O) groups is 2. The fourth-order valence-electron chi connectivity index (χ4n) is 1.69. The van der Waals surface area contributed by atoms with Gasteiger partial charge in [-0.25, -0.2) is 4.79 Å². The molecule has 0 atom stereocenters. The number of ether oxygens (including phenoxy) is 1. The number of hydrogen-bond acceptors (Lipinski definition) is 5. The van der Waals surface area contributed by atoms with Crippen molar-refractivity contribution in [2.75, 3.05) is 11.9 Å². The van der Waals surface area contributed by atoms with Crippen molar-refractivity contribution in [3.8, 4) is 0 Å². The first kappa shape index (κ1) is 15.4. The van der Waals surface area contributed by atoms with Crippen LogP contribution in [0, 0.1) is 3.95 Å². The van der Waals surface area contributed by atoms with Gasteiger partial charge in [-0.15, -0.1) is 0 Å². The van der Waals surface area contributed by atoms with Crippen LogP contribution in [0.4, 0.5) is 5.82 Å². The molecule has 0 aliphatic rings. The van der Waals surface area contributed by atoms with Gasteiger partial charge in [-0.3, -0.25) is 4.79 Å². The second-order valence-corrected chi connectivity index (χ2v) is 5.79. The number of esters is 1. The van der Waals surface area contributed by atoms with Crippen molar-refractivity contribution in [1.29, 1.82) is 0 Å². The van der Waals surface area contributed by atoms with Crippen molar-refractivity contribution >= 4 is 41.2 Å². The van der Waals surface area contributed by atoms with E-state index < -0.39 is 5.97 Å². The second kappa shape index (κ2) is 6.64. The SMILES string of the molecule is CCOC(=O)c1sc(=S)n(C)c1NC(=O)c1ccccc1. The van der Waals surface area contributed by atoms with Gasteiger partial charge in [-0.2, -0.15) is 0 Å². The maximum atomic E-state index is 12.2. The molecule has 5 nitrogen and oxygen atoms in total. The summed E-state index contributed by atoms with van der Waals surface area (Å²) >= 11 is 6.27. The molecule has 0 radical (unpaired) electrons. The number of aromatic nitrogens is 1. The van der Waals surface area contributed by atoms with Gasteiger partial charge in [0, 0.05) is 12.6 Å². The Kier molecular flexibility index (Phi) is 4.87. The monoisotopic (exact) mass is 322 g/mol. The molecule has 0 aliphatic heterocycles. The smallest absolute Gasteiger partial charge is 0.352 e. The number of nitrogens with zero attached hydrogens (tertiary/aromatic N) is 1. The van der Waals surface area contributed by atoms with E-state index in [2.05, 4.69) is 5.32 Å². The third-order valence-corrected chi connectivity index (χ3v) is 4.28. The average molecular weight is 322 g/mol. The van der Waals surface area contributed by atoms with Crippen molar-refractivity contribution in [3.05, 3.63) is 44.7 Å². The molecule has 0 spiro atoms. The highest BCUT2D eigenvalue weighted by atomic mass is 32.1. The number of hydrogen-bond donors (Lipinski definition) is 1. The molecule has 0 unspecified atom stereocenters. The van der Waals surface area contributed by atoms with E-state index in [1.807, 2.05) is 6.07 Å². The van der Waals surface area contributed by atoms with Gasteiger partial charge >= 0.3 is 5.97 Å². The number of anilines is 1. The summed E-state index contributed by atoms with van der Waals surface area (Å²) in [4.78, 5) is 24.4. The zero-order chi connectivity index (χ0) is 15.4. The Labute approximate surface area is 131 Å². The second-order valence-electron chi connectivity index (χ2n) is 4.15. The number of thiazole rings is 1. The van der Waals surface area contributed by atoms with Gasteiger partial charge in [-0.05, 0) is 31.3 Å². The molecule has 110 valence electrons. The first-order chi connectivity index (χ1) is 10.0. The van der Waals surface area contributed by atoms with Crippen LogP contribution in [0.2, 0.25) is 0 Å². The molecule has 1 heterocycles. The predicted octanol–water partition coefficient (Wildman–Crippen LogP) is 3.25. The summed E-state index contributed by atoms with van der Waals surface area (Å²) in [7, 11) is 1.70. The molecule has 1 amide bonds. The van der Waals surface area contributed by atoms with Crippen LogP contribution in [-0.4, -0.2) is 23.1 Å². The van der Waals surface area contributed by atoms with E-state index in [9.17, 15) is 9.59 Å². The Morgan fingerprint density at radius 1 is 1.33 bits per heavy atom. The van der Waals surface area contributed by atoms with Gasteiger partial charge < -0.3 is 14.6 Å². The van der Waals surface area contributed by atoms with Crippen LogP contribution in [-0.2, 0) is 11.8 Å². The molecule has 0 saturated carbocycles. The van der Waals surface area contributed by atoms with Crippen LogP contribution in [0.25, 0.3) is 0 Å². The van der Waals surface area contributed by atoms with Gasteiger partial charge in [0.2, 0.25) is 0 Å². The van der Waals surface area contributed by atoms with E-state index in [1.54, 1.807) is 42.8 Å². The highest BCUT2D eigenvalue weighted by molar-refractivity contribution is 7.73. The maximum Gasteiger partial charge on any atom is 0.352 e. The Morgan fingerprint density at radius 2 is 2.00 bits per heavy atom. The van der Waals surface area contributed by atoms with Crippen LogP contribution in [0.3, 0.4) is 0 Å². The van der Waals surface area contributed by atoms with Gasteiger partial charge in [0.1, 0.15) is 5.82 Å². The van der Waals surface area contributed by atoms with Crippen LogP contribution >= 0.6 is 23.6 Å². The van der Waals surface area contributed by atoms with Crippen molar-refractivity contribution < 1.29 is 14.3 Å². The van der Waals surface area contributed by atoms with E-state index in [0.717, 1.165) is 11.3 Å². The summed E-state index contributed by atoms with van der Waals surface area (Å²) in [5.74, 6) is -0.431. The summed E-state index contributed by atoms with van der Waals surface area (Å²) in [6.07, 6.45) is 0. The summed E-state index contributed by atoms with van der Waals surface area (Å²) in [5.41, 5.74) is 0.504. The summed E-state index contributed by atoms with van der Waals surface area (Å²) in [6, 6.07) is 8.76. The minimum Gasteiger partial charge on any atom is -0.462 e. The fraction of sp³-hybridized carbons (Fsp3) is 0.214. The molecule has 0 fully saturated rings. The van der Waals surface area contributed by atoms with Crippen LogP contribution < -0.4 is 5.32 Å². The lowest BCUT2D eigenvalue weighted by Gasteiger charge is -2.08. The lowest BCUT2D eigenvalue weighted by atomic mass is 10.2. The van der Waals surface area contributed by atoms with Crippen molar-refractivity contribution in [2.45, 2.75) is 6.92 Å². The molecular weight excluding hydrogens is 308 g/mol.